The number of hydrogen-bond acceptors (Lipinski definition) is 6. The van der Waals surface area contributed by atoms with E-state index < -0.39 is 60.3 Å². The molecule has 13 nitrogen and oxygen atoms in total. The Morgan fingerprint density at radius 1 is 1.05 bits per heavy atom. The molecule has 2 atom stereocenters. The van der Waals surface area contributed by atoms with Crippen molar-refractivity contribution in [1.29, 1.82) is 0 Å². The lowest BCUT2D eigenvalue weighted by atomic mass is 10.0. The molecule has 0 aliphatic rings. The van der Waals surface area contributed by atoms with Gasteiger partial charge in [-0.1, -0.05) is 26.0 Å². The highest BCUT2D eigenvalue weighted by Crippen LogP contribution is 2.15. The third-order valence-electron chi connectivity index (χ3n) is 4.04. The van der Waals surface area contributed by atoms with Crippen LogP contribution in [0.25, 0.3) is 6.08 Å². The van der Waals surface area contributed by atoms with Crippen molar-refractivity contribution in [3.63, 3.8) is 0 Å². The average molecular weight is 533 g/mol. The number of hydrogen-bond donors (Lipinski definition) is 7. The van der Waals surface area contributed by atoms with Crippen LogP contribution < -0.4 is 22.1 Å². The zero-order valence-corrected chi connectivity index (χ0v) is 19.5. The van der Waals surface area contributed by atoms with Crippen LogP contribution in [-0.4, -0.2) is 69.3 Å². The number of carbonyl (C=O) groups is 5. The van der Waals surface area contributed by atoms with E-state index in [4.69, 9.17) is 26.5 Å². The number of carboxylic acid groups (broad SMARTS) is 3. The lowest BCUT2D eigenvalue weighted by Crippen LogP contribution is -2.53. The number of carbonyl (C=O) groups excluding carboxylic acids is 2. The van der Waals surface area contributed by atoms with Crippen LogP contribution in [0.4, 0.5) is 18.9 Å². The summed E-state index contributed by atoms with van der Waals surface area (Å²) < 4.78 is 31.7. The molecule has 0 aliphatic carbocycles. The zero-order chi connectivity index (χ0) is 28.9. The number of nitrogens with one attached hydrogen (secondary N) is 2. The lowest BCUT2D eigenvalue weighted by Gasteiger charge is -2.22. The number of guanidine groups is 1. The van der Waals surface area contributed by atoms with E-state index in [1.54, 1.807) is 38.1 Å². The van der Waals surface area contributed by atoms with Crippen LogP contribution in [0.1, 0.15) is 25.8 Å². The Morgan fingerprint density at radius 3 is 2.05 bits per heavy atom. The smallest absolute Gasteiger partial charge is 0.481 e. The molecule has 1 aromatic carbocycles. The fourth-order valence-corrected chi connectivity index (χ4v) is 2.39. The van der Waals surface area contributed by atoms with Gasteiger partial charge >= 0.3 is 24.1 Å². The number of rotatable bonds is 10. The van der Waals surface area contributed by atoms with Gasteiger partial charge in [-0.25, -0.2) is 14.6 Å². The van der Waals surface area contributed by atoms with E-state index in [9.17, 15) is 37.5 Å². The Kier molecular flexibility index (Phi) is 12.9. The minimum Gasteiger partial charge on any atom is -0.481 e. The third kappa shape index (κ3) is 13.7. The van der Waals surface area contributed by atoms with E-state index in [-0.39, 0.29) is 5.96 Å². The van der Waals surface area contributed by atoms with Gasteiger partial charge in [-0.05, 0) is 29.7 Å². The first-order valence-electron chi connectivity index (χ1n) is 10.2. The summed E-state index contributed by atoms with van der Waals surface area (Å²) in [5, 5.41) is 29.8. The monoisotopic (exact) mass is 533 g/mol. The van der Waals surface area contributed by atoms with Crippen LogP contribution in [0.5, 0.6) is 0 Å². The molecule has 1 aromatic rings. The normalized spacial score (nSPS) is 12.5. The van der Waals surface area contributed by atoms with Gasteiger partial charge in [-0.3, -0.25) is 14.4 Å². The van der Waals surface area contributed by atoms with Crippen LogP contribution in [-0.2, 0) is 24.0 Å². The molecule has 0 aromatic heterocycles. The fourth-order valence-electron chi connectivity index (χ4n) is 2.39. The second-order valence-electron chi connectivity index (χ2n) is 7.50. The van der Waals surface area contributed by atoms with Gasteiger partial charge in [0.1, 0.15) is 12.1 Å². The molecule has 0 heterocycles. The van der Waals surface area contributed by atoms with Crippen LogP contribution in [0.15, 0.2) is 35.3 Å². The van der Waals surface area contributed by atoms with E-state index in [1.807, 2.05) is 0 Å². The number of nitrogens with zero attached hydrogens (tertiary/aromatic N) is 1. The van der Waals surface area contributed by atoms with Crippen molar-refractivity contribution in [1.82, 2.24) is 10.6 Å². The molecular weight excluding hydrogens is 507 g/mol. The van der Waals surface area contributed by atoms with E-state index in [2.05, 4.69) is 15.6 Å². The number of halogens is 3. The Labute approximate surface area is 208 Å². The number of aliphatic carboxylic acids is 3. The Bertz CT molecular complexity index is 1050. The summed E-state index contributed by atoms with van der Waals surface area (Å²) in [5.41, 5.74) is 11.7. The molecule has 0 fully saturated rings. The van der Waals surface area contributed by atoms with Gasteiger partial charge in [-0.2, -0.15) is 13.2 Å². The SMILES string of the molecule is CC(C)[C@H](NC(=O)[C@H](CC(=O)O)NC(=O)C=Cc1cccc(N=C(N)N)c1)C(=O)O.O=C(O)C(F)(F)F. The molecule has 0 aliphatic heterocycles. The highest BCUT2D eigenvalue weighted by atomic mass is 19.4. The molecule has 37 heavy (non-hydrogen) atoms. The van der Waals surface area contributed by atoms with Crippen molar-refractivity contribution < 1.29 is 52.5 Å². The van der Waals surface area contributed by atoms with Crippen LogP contribution in [0.2, 0.25) is 0 Å². The van der Waals surface area contributed by atoms with E-state index in [0.717, 1.165) is 6.08 Å². The molecule has 0 bridgehead atoms. The maximum atomic E-state index is 12.3. The summed E-state index contributed by atoms with van der Waals surface area (Å²) in [6, 6.07) is 3.92. The summed E-state index contributed by atoms with van der Waals surface area (Å²) >= 11 is 0. The predicted octanol–water partition coefficient (Wildman–Crippen LogP) is 0.423. The van der Waals surface area contributed by atoms with E-state index in [0.29, 0.717) is 11.3 Å². The molecular formula is C21H26F3N5O8. The second-order valence-corrected chi connectivity index (χ2v) is 7.50. The first-order chi connectivity index (χ1) is 16.9. The topological polar surface area (TPSA) is 234 Å². The molecule has 0 unspecified atom stereocenters. The maximum Gasteiger partial charge on any atom is 0.490 e. The number of nitrogens with two attached hydrogens (primary N) is 2. The van der Waals surface area contributed by atoms with Crippen molar-refractivity contribution in [3.05, 3.63) is 35.9 Å². The minimum atomic E-state index is -5.08. The molecule has 0 spiro atoms. The summed E-state index contributed by atoms with van der Waals surface area (Å²) in [6.07, 6.45) is -3.27. The third-order valence-corrected chi connectivity index (χ3v) is 4.04. The second kappa shape index (κ2) is 14.7. The fraction of sp³-hybridized carbons (Fsp3) is 0.333. The average Bonchev–Trinajstić information content (AvgIpc) is 2.74. The minimum absolute atomic E-state index is 0.127. The first-order valence-corrected chi connectivity index (χ1v) is 10.2. The van der Waals surface area contributed by atoms with E-state index in [1.165, 1.54) is 6.08 Å². The van der Waals surface area contributed by atoms with Crippen molar-refractivity contribution in [2.75, 3.05) is 0 Å². The molecule has 204 valence electrons. The number of benzene rings is 1. The highest BCUT2D eigenvalue weighted by Gasteiger charge is 2.38. The molecule has 0 saturated heterocycles. The summed E-state index contributed by atoms with van der Waals surface area (Å²) in [5.74, 6) is -7.56. The number of carboxylic acids is 3. The first kappa shape index (κ1) is 32.4. The molecule has 9 N–H and O–H groups in total. The Hall–Kier alpha value is -4.63. The van der Waals surface area contributed by atoms with Crippen LogP contribution >= 0.6 is 0 Å². The standard InChI is InChI=1S/C19H25N5O6.C2HF3O2/c1-10(2)16(18(29)30)24-17(28)13(9-15(26)27)23-14(25)7-6-11-4-3-5-12(8-11)22-19(20)21;3-2(4,5)1(6)7/h3-8,10,13,16H,9H2,1-2H3,(H,23,25)(H,24,28)(H,26,27)(H,29,30)(H4,20,21,22);(H,6,7)/t13-,16-;/m0./s1. The van der Waals surface area contributed by atoms with Crippen LogP contribution in [0.3, 0.4) is 0 Å². The summed E-state index contributed by atoms with van der Waals surface area (Å²) in [4.78, 5) is 59.6. The van der Waals surface area contributed by atoms with Gasteiger partial charge in [0.2, 0.25) is 11.8 Å². The van der Waals surface area contributed by atoms with Gasteiger partial charge < -0.3 is 37.4 Å². The number of alkyl halides is 3. The lowest BCUT2D eigenvalue weighted by molar-refractivity contribution is -0.192. The Morgan fingerprint density at radius 2 is 1.62 bits per heavy atom. The quantitative estimate of drug-likeness (QED) is 0.124. The van der Waals surface area contributed by atoms with Gasteiger partial charge in [-0.15, -0.1) is 0 Å². The molecule has 0 radical (unpaired) electrons. The van der Waals surface area contributed by atoms with Gasteiger partial charge in [0, 0.05) is 6.08 Å². The summed E-state index contributed by atoms with van der Waals surface area (Å²) in [6.45, 7) is 3.17. The molecule has 0 saturated carbocycles. The molecule has 2 amide bonds. The maximum absolute atomic E-state index is 12.3. The van der Waals surface area contributed by atoms with Crippen molar-refractivity contribution in [3.8, 4) is 0 Å². The Balaban J connectivity index is 0.00000161. The summed E-state index contributed by atoms with van der Waals surface area (Å²) in [7, 11) is 0. The van der Waals surface area contributed by atoms with Crippen molar-refractivity contribution in [2.45, 2.75) is 38.5 Å². The van der Waals surface area contributed by atoms with Gasteiger partial charge in [0.05, 0.1) is 12.1 Å². The predicted molar refractivity (Wildman–Crippen MR) is 123 cm³/mol. The van der Waals surface area contributed by atoms with Gasteiger partial charge in [0.15, 0.2) is 5.96 Å². The zero-order valence-electron chi connectivity index (χ0n) is 19.5. The van der Waals surface area contributed by atoms with Crippen molar-refractivity contribution in [2.24, 2.45) is 22.4 Å². The van der Waals surface area contributed by atoms with Crippen LogP contribution in [0, 0.1) is 5.92 Å². The molecule has 16 heteroatoms. The van der Waals surface area contributed by atoms with Gasteiger partial charge in [0.25, 0.3) is 0 Å². The number of amides is 2. The number of aliphatic imine (C=N–C) groups is 1. The largest absolute Gasteiger partial charge is 0.490 e. The van der Waals surface area contributed by atoms with Crippen molar-refractivity contribution >= 4 is 47.4 Å². The molecule has 1 rings (SSSR count). The highest BCUT2D eigenvalue weighted by molar-refractivity contribution is 5.97. The van der Waals surface area contributed by atoms with E-state index >= 15 is 0 Å².